The maximum absolute atomic E-state index is 11.9. The van der Waals surface area contributed by atoms with Crippen LogP contribution in [-0.4, -0.2) is 31.9 Å². The van der Waals surface area contributed by atoms with Gasteiger partial charge in [-0.2, -0.15) is 0 Å². The monoisotopic (exact) mass is 339 g/mol. The molecule has 2 aromatic carbocycles. The molecule has 24 heavy (non-hydrogen) atoms. The minimum Gasteiger partial charge on any atom is -0.326 e. The maximum Gasteiger partial charge on any atom is 0.225 e. The van der Waals surface area contributed by atoms with E-state index >= 15 is 0 Å². The smallest absolute Gasteiger partial charge is 0.225 e. The van der Waals surface area contributed by atoms with Crippen LogP contribution in [0.15, 0.2) is 65.8 Å². The number of tetrazole rings is 1. The quantitative estimate of drug-likeness (QED) is 0.670. The van der Waals surface area contributed by atoms with Gasteiger partial charge in [0.15, 0.2) is 0 Å². The van der Waals surface area contributed by atoms with Crippen molar-refractivity contribution in [2.24, 2.45) is 0 Å². The summed E-state index contributed by atoms with van der Waals surface area (Å²) in [6.07, 6.45) is 0.401. The van der Waals surface area contributed by atoms with Gasteiger partial charge in [-0.15, -0.1) is 5.10 Å². The Hall–Kier alpha value is -2.67. The predicted octanol–water partition coefficient (Wildman–Crippen LogP) is 2.84. The van der Waals surface area contributed by atoms with Crippen LogP contribution in [0.3, 0.4) is 0 Å². The molecule has 1 heterocycles. The summed E-state index contributed by atoms with van der Waals surface area (Å²) in [5.74, 6) is 0.601. The van der Waals surface area contributed by atoms with Crippen molar-refractivity contribution >= 4 is 23.4 Å². The van der Waals surface area contributed by atoms with E-state index < -0.39 is 0 Å². The molecule has 7 heteroatoms. The van der Waals surface area contributed by atoms with Gasteiger partial charge in [0, 0.05) is 17.9 Å². The number of rotatable bonds is 7. The third-order valence-corrected chi connectivity index (χ3v) is 4.25. The summed E-state index contributed by atoms with van der Waals surface area (Å²) in [6, 6.07) is 19.4. The number of amides is 1. The Kier molecular flexibility index (Phi) is 5.57. The Morgan fingerprint density at radius 3 is 2.50 bits per heavy atom. The van der Waals surface area contributed by atoms with E-state index in [0.717, 1.165) is 11.3 Å². The van der Waals surface area contributed by atoms with E-state index in [-0.39, 0.29) is 5.91 Å². The number of nitrogens with one attached hydrogen (secondary N) is 1. The number of carbonyl (C=O) groups excluding carboxylic acids is 1. The average molecular weight is 339 g/mol. The third kappa shape index (κ3) is 4.66. The van der Waals surface area contributed by atoms with Crippen molar-refractivity contribution in [1.82, 2.24) is 20.2 Å². The minimum atomic E-state index is -0.0178. The molecular formula is C17H17N5OS. The largest absolute Gasteiger partial charge is 0.326 e. The number of aromatic nitrogens is 4. The molecule has 3 aromatic rings. The van der Waals surface area contributed by atoms with Gasteiger partial charge < -0.3 is 5.32 Å². The second-order valence-corrected chi connectivity index (χ2v) is 6.18. The van der Waals surface area contributed by atoms with Crippen LogP contribution in [0.4, 0.5) is 5.69 Å². The zero-order valence-electron chi connectivity index (χ0n) is 13.0. The van der Waals surface area contributed by atoms with Gasteiger partial charge >= 0.3 is 0 Å². The predicted molar refractivity (Wildman–Crippen MR) is 93.8 cm³/mol. The standard InChI is InChI=1S/C17H17N5OS/c23-16(18-15-9-5-2-6-10-15)11-12-24-17-19-20-21-22(17)13-14-7-3-1-4-8-14/h1-10H,11-13H2,(H,18,23). The van der Waals surface area contributed by atoms with Gasteiger partial charge in [0.1, 0.15) is 0 Å². The van der Waals surface area contributed by atoms with Gasteiger partial charge in [0.2, 0.25) is 11.1 Å². The summed E-state index contributed by atoms with van der Waals surface area (Å²) >= 11 is 1.48. The van der Waals surface area contributed by atoms with E-state index in [1.807, 2.05) is 60.7 Å². The van der Waals surface area contributed by atoms with Crippen molar-refractivity contribution in [2.45, 2.75) is 18.1 Å². The molecule has 0 saturated heterocycles. The zero-order chi connectivity index (χ0) is 16.6. The molecule has 122 valence electrons. The van der Waals surface area contributed by atoms with Crippen LogP contribution in [-0.2, 0) is 11.3 Å². The Balaban J connectivity index is 1.49. The fourth-order valence-electron chi connectivity index (χ4n) is 2.14. The first-order chi connectivity index (χ1) is 11.8. The molecule has 0 saturated carbocycles. The average Bonchev–Trinajstić information content (AvgIpc) is 3.04. The second kappa shape index (κ2) is 8.26. The lowest BCUT2D eigenvalue weighted by molar-refractivity contribution is -0.115. The SMILES string of the molecule is O=C(CCSc1nnnn1Cc1ccccc1)Nc1ccccc1. The molecular weight excluding hydrogens is 322 g/mol. The normalized spacial score (nSPS) is 10.5. The molecule has 1 N–H and O–H groups in total. The first-order valence-corrected chi connectivity index (χ1v) is 8.57. The number of nitrogens with zero attached hydrogens (tertiary/aromatic N) is 4. The van der Waals surface area contributed by atoms with Gasteiger partial charge in [0.25, 0.3) is 0 Å². The van der Waals surface area contributed by atoms with Gasteiger partial charge in [-0.1, -0.05) is 60.3 Å². The maximum atomic E-state index is 11.9. The lowest BCUT2D eigenvalue weighted by Gasteiger charge is -2.06. The Morgan fingerprint density at radius 2 is 1.75 bits per heavy atom. The van der Waals surface area contributed by atoms with Crippen molar-refractivity contribution in [3.63, 3.8) is 0 Å². The van der Waals surface area contributed by atoms with Crippen LogP contribution in [0.1, 0.15) is 12.0 Å². The molecule has 0 spiro atoms. The number of carbonyl (C=O) groups is 1. The Bertz CT molecular complexity index is 776. The molecule has 0 aliphatic carbocycles. The van der Waals surface area contributed by atoms with Crippen molar-refractivity contribution in [1.29, 1.82) is 0 Å². The number of para-hydroxylation sites is 1. The van der Waals surface area contributed by atoms with Gasteiger partial charge in [0.05, 0.1) is 6.54 Å². The van der Waals surface area contributed by atoms with E-state index in [0.29, 0.717) is 23.9 Å². The fourth-order valence-corrected chi connectivity index (χ4v) is 2.95. The Labute approximate surface area is 144 Å². The van der Waals surface area contributed by atoms with Gasteiger partial charge in [-0.3, -0.25) is 4.79 Å². The van der Waals surface area contributed by atoms with Crippen molar-refractivity contribution < 1.29 is 4.79 Å². The Morgan fingerprint density at radius 1 is 1.04 bits per heavy atom. The first kappa shape index (κ1) is 16.2. The lowest BCUT2D eigenvalue weighted by atomic mass is 10.2. The van der Waals surface area contributed by atoms with E-state index in [2.05, 4.69) is 20.8 Å². The number of hydrogen-bond donors (Lipinski definition) is 1. The highest BCUT2D eigenvalue weighted by molar-refractivity contribution is 7.99. The highest BCUT2D eigenvalue weighted by Gasteiger charge is 2.09. The molecule has 1 aromatic heterocycles. The molecule has 0 fully saturated rings. The molecule has 0 bridgehead atoms. The molecule has 0 radical (unpaired) electrons. The van der Waals surface area contributed by atoms with Crippen molar-refractivity contribution in [3.8, 4) is 0 Å². The van der Waals surface area contributed by atoms with Crippen LogP contribution in [0, 0.1) is 0 Å². The van der Waals surface area contributed by atoms with Crippen LogP contribution in [0.2, 0.25) is 0 Å². The minimum absolute atomic E-state index is 0.0178. The lowest BCUT2D eigenvalue weighted by Crippen LogP contribution is -2.12. The van der Waals surface area contributed by atoms with Crippen molar-refractivity contribution in [2.75, 3.05) is 11.1 Å². The zero-order valence-corrected chi connectivity index (χ0v) is 13.8. The summed E-state index contributed by atoms with van der Waals surface area (Å²) in [5.41, 5.74) is 1.94. The number of anilines is 1. The van der Waals surface area contributed by atoms with E-state index in [1.165, 1.54) is 11.8 Å². The highest BCUT2D eigenvalue weighted by Crippen LogP contribution is 2.16. The van der Waals surface area contributed by atoms with Crippen molar-refractivity contribution in [3.05, 3.63) is 66.2 Å². The molecule has 1 amide bonds. The van der Waals surface area contributed by atoms with Crippen LogP contribution in [0.5, 0.6) is 0 Å². The summed E-state index contributed by atoms with van der Waals surface area (Å²) < 4.78 is 1.75. The number of hydrogen-bond acceptors (Lipinski definition) is 5. The van der Waals surface area contributed by atoms with Crippen LogP contribution < -0.4 is 5.32 Å². The first-order valence-electron chi connectivity index (χ1n) is 7.59. The summed E-state index contributed by atoms with van der Waals surface area (Å²) in [5, 5.41) is 15.3. The van der Waals surface area contributed by atoms with E-state index in [4.69, 9.17) is 0 Å². The fraction of sp³-hybridized carbons (Fsp3) is 0.176. The topological polar surface area (TPSA) is 72.7 Å². The van der Waals surface area contributed by atoms with E-state index in [1.54, 1.807) is 4.68 Å². The van der Waals surface area contributed by atoms with Crippen LogP contribution >= 0.6 is 11.8 Å². The van der Waals surface area contributed by atoms with Gasteiger partial charge in [-0.25, -0.2) is 4.68 Å². The van der Waals surface area contributed by atoms with E-state index in [9.17, 15) is 4.79 Å². The molecule has 0 aliphatic heterocycles. The third-order valence-electron chi connectivity index (χ3n) is 3.29. The highest BCUT2D eigenvalue weighted by atomic mass is 32.2. The molecule has 6 nitrogen and oxygen atoms in total. The van der Waals surface area contributed by atoms with Crippen LogP contribution in [0.25, 0.3) is 0 Å². The summed E-state index contributed by atoms with van der Waals surface area (Å²) in [6.45, 7) is 0.617. The molecule has 3 rings (SSSR count). The second-order valence-electron chi connectivity index (χ2n) is 5.12. The number of benzene rings is 2. The number of thioether (sulfide) groups is 1. The summed E-state index contributed by atoms with van der Waals surface area (Å²) in [4.78, 5) is 11.9. The van der Waals surface area contributed by atoms with Gasteiger partial charge in [-0.05, 0) is 28.1 Å². The molecule has 0 atom stereocenters. The molecule has 0 unspecified atom stereocenters. The summed E-state index contributed by atoms with van der Waals surface area (Å²) in [7, 11) is 0. The molecule has 0 aliphatic rings.